The van der Waals surface area contributed by atoms with Crippen LogP contribution in [0.15, 0.2) is 24.5 Å². The van der Waals surface area contributed by atoms with Gasteiger partial charge in [0, 0.05) is 24.8 Å². The molecule has 1 spiro atoms. The fourth-order valence-corrected chi connectivity index (χ4v) is 4.04. The van der Waals surface area contributed by atoms with Crippen molar-refractivity contribution in [1.29, 1.82) is 0 Å². The molecule has 0 N–H and O–H groups in total. The van der Waals surface area contributed by atoms with Crippen molar-refractivity contribution >= 4 is 16.7 Å². The first-order valence-corrected chi connectivity index (χ1v) is 8.28. The van der Waals surface area contributed by atoms with E-state index in [1.807, 2.05) is 23.6 Å². The van der Waals surface area contributed by atoms with Gasteiger partial charge in [0.05, 0.1) is 37.1 Å². The van der Waals surface area contributed by atoms with E-state index >= 15 is 0 Å². The van der Waals surface area contributed by atoms with Gasteiger partial charge in [-0.05, 0) is 18.6 Å². The predicted octanol–water partition coefficient (Wildman–Crippen LogP) is 3.86. The Bertz CT molecular complexity index is 806. The molecule has 5 nitrogen and oxygen atoms in total. The van der Waals surface area contributed by atoms with Crippen LogP contribution in [-0.2, 0) is 16.0 Å². The second-order valence-corrected chi connectivity index (χ2v) is 7.10. The topological polar surface area (TPSA) is 40.6 Å². The van der Waals surface area contributed by atoms with Crippen LogP contribution >= 0.6 is 0 Å². The molecule has 1 aliphatic heterocycles. The highest BCUT2D eigenvalue weighted by Gasteiger charge is 2.51. The van der Waals surface area contributed by atoms with Crippen LogP contribution in [-0.4, -0.2) is 34.7 Å². The molecule has 1 saturated carbocycles. The molecule has 126 valence electrons. The summed E-state index contributed by atoms with van der Waals surface area (Å²) >= 11 is 0. The molecule has 2 aliphatic rings. The van der Waals surface area contributed by atoms with Crippen molar-refractivity contribution in [3.8, 4) is 0 Å². The molecule has 1 aliphatic carbocycles. The Labute approximate surface area is 140 Å². The molecule has 2 atom stereocenters. The second kappa shape index (κ2) is 5.54. The summed E-state index contributed by atoms with van der Waals surface area (Å²) in [6, 6.07) is 5.40. The van der Waals surface area contributed by atoms with Gasteiger partial charge in [0.15, 0.2) is 11.5 Å². The van der Waals surface area contributed by atoms with E-state index in [2.05, 4.69) is 9.83 Å². The highest BCUT2D eigenvalue weighted by atomic mass is 19.1. The first-order chi connectivity index (χ1) is 11.5. The van der Waals surface area contributed by atoms with E-state index in [9.17, 15) is 4.39 Å². The van der Waals surface area contributed by atoms with Crippen molar-refractivity contribution in [3.63, 3.8) is 0 Å². The second-order valence-electron chi connectivity index (χ2n) is 7.10. The van der Waals surface area contributed by atoms with Crippen LogP contribution in [0, 0.1) is 12.0 Å². The number of fused-ring (bicyclic) bond motifs is 1. The average Bonchev–Trinajstić information content (AvgIpc) is 3.19. The highest BCUT2D eigenvalue weighted by Crippen LogP contribution is 2.48. The number of ether oxygens (including phenoxy) is 2. The molecule has 0 unspecified atom stereocenters. The lowest BCUT2D eigenvalue weighted by Crippen LogP contribution is -2.48. The van der Waals surface area contributed by atoms with Gasteiger partial charge in [0.25, 0.3) is 0 Å². The molecule has 1 aromatic carbocycles. The normalized spacial score (nSPS) is 29.1. The van der Waals surface area contributed by atoms with Crippen molar-refractivity contribution in [1.82, 2.24) is 9.55 Å². The summed E-state index contributed by atoms with van der Waals surface area (Å²) in [4.78, 5) is 7.85. The van der Waals surface area contributed by atoms with E-state index in [0.29, 0.717) is 44.7 Å². The summed E-state index contributed by atoms with van der Waals surface area (Å²) in [5.74, 6) is -0.630. The Morgan fingerprint density at radius 3 is 2.96 bits per heavy atom. The first kappa shape index (κ1) is 15.6. The number of hydrogen-bond acceptors (Lipinski definition) is 3. The van der Waals surface area contributed by atoms with Crippen molar-refractivity contribution in [3.05, 3.63) is 35.9 Å². The van der Waals surface area contributed by atoms with Gasteiger partial charge in [-0.15, -0.1) is 0 Å². The van der Waals surface area contributed by atoms with E-state index in [-0.39, 0.29) is 0 Å². The van der Waals surface area contributed by atoms with Gasteiger partial charge in [0.1, 0.15) is 6.17 Å². The summed E-state index contributed by atoms with van der Waals surface area (Å²) in [5.41, 5.74) is 1.66. The minimum Gasteiger partial charge on any atom is -0.348 e. The third kappa shape index (κ3) is 2.48. The van der Waals surface area contributed by atoms with Crippen molar-refractivity contribution in [2.75, 3.05) is 13.2 Å². The van der Waals surface area contributed by atoms with Gasteiger partial charge in [-0.25, -0.2) is 14.2 Å². The number of rotatable bonds is 2. The lowest BCUT2D eigenvalue weighted by molar-refractivity contribution is -0.214. The molecular weight excluding hydrogens is 309 g/mol. The lowest BCUT2D eigenvalue weighted by Gasteiger charge is -2.45. The van der Waals surface area contributed by atoms with Crippen LogP contribution in [0.4, 0.5) is 10.1 Å². The Hall–Kier alpha value is -1.97. The smallest absolute Gasteiger partial charge is 0.189 e. The fourth-order valence-electron chi connectivity index (χ4n) is 4.04. The quantitative estimate of drug-likeness (QED) is 0.786. The van der Waals surface area contributed by atoms with Gasteiger partial charge >= 0.3 is 0 Å². The molecule has 2 heterocycles. The van der Waals surface area contributed by atoms with E-state index in [4.69, 9.17) is 16.0 Å². The number of nitrogens with zero attached hydrogens (tertiary/aromatic N) is 3. The molecule has 1 aromatic heterocycles. The third-order valence-corrected chi connectivity index (χ3v) is 5.29. The van der Waals surface area contributed by atoms with Crippen molar-refractivity contribution in [2.45, 2.75) is 44.7 Å². The molecule has 0 amide bonds. The molecule has 0 radical (unpaired) electrons. The van der Waals surface area contributed by atoms with Crippen LogP contribution in [0.3, 0.4) is 0 Å². The van der Waals surface area contributed by atoms with Crippen molar-refractivity contribution < 1.29 is 13.9 Å². The molecule has 4 rings (SSSR count). The third-order valence-electron chi connectivity index (χ3n) is 5.29. The minimum atomic E-state index is -0.919. The molecule has 2 aromatic rings. The van der Waals surface area contributed by atoms with Crippen LogP contribution in [0.25, 0.3) is 15.9 Å². The van der Waals surface area contributed by atoms with E-state index in [0.717, 1.165) is 11.0 Å². The number of hydrogen-bond donors (Lipinski definition) is 0. The van der Waals surface area contributed by atoms with Gasteiger partial charge in [-0.2, -0.15) is 0 Å². The number of imidazole rings is 1. The number of aromatic nitrogens is 2. The molecule has 6 heteroatoms. The summed E-state index contributed by atoms with van der Waals surface area (Å²) in [5, 5.41) is 0. The van der Waals surface area contributed by atoms with Gasteiger partial charge in [-0.3, -0.25) is 0 Å². The average molecular weight is 329 g/mol. The SMILES string of the molecule is [C-]#[N+]c1ccc2ncn(C[C@]3(C)CC4(CC[C@@H]3F)OCCO4)c2c1. The maximum atomic E-state index is 14.8. The Morgan fingerprint density at radius 2 is 2.21 bits per heavy atom. The monoisotopic (exact) mass is 329 g/mol. The van der Waals surface area contributed by atoms with Crippen LogP contribution in [0.2, 0.25) is 0 Å². The van der Waals surface area contributed by atoms with E-state index < -0.39 is 17.4 Å². The van der Waals surface area contributed by atoms with Gasteiger partial charge in [0.2, 0.25) is 0 Å². The maximum absolute atomic E-state index is 14.8. The summed E-state index contributed by atoms with van der Waals surface area (Å²) in [7, 11) is 0. The van der Waals surface area contributed by atoms with Gasteiger partial charge < -0.3 is 14.0 Å². The summed E-state index contributed by atoms with van der Waals surface area (Å²) in [6.45, 7) is 10.8. The minimum absolute atomic E-state index is 0.441. The first-order valence-electron chi connectivity index (χ1n) is 8.28. The lowest BCUT2D eigenvalue weighted by atomic mass is 9.71. The summed E-state index contributed by atoms with van der Waals surface area (Å²) in [6.07, 6.45) is 2.39. The zero-order valence-electron chi connectivity index (χ0n) is 13.7. The number of alkyl halides is 1. The fraction of sp³-hybridized carbons (Fsp3) is 0.556. The number of halogens is 1. The zero-order valence-corrected chi connectivity index (χ0v) is 13.7. The molecule has 1 saturated heterocycles. The van der Waals surface area contributed by atoms with Crippen LogP contribution in [0.1, 0.15) is 26.2 Å². The molecular formula is C18H20FN3O2. The van der Waals surface area contributed by atoms with Crippen LogP contribution in [0.5, 0.6) is 0 Å². The Morgan fingerprint density at radius 1 is 1.42 bits per heavy atom. The Balaban J connectivity index is 1.66. The van der Waals surface area contributed by atoms with E-state index in [1.165, 1.54) is 0 Å². The largest absolute Gasteiger partial charge is 0.348 e. The molecule has 24 heavy (non-hydrogen) atoms. The molecule has 2 fully saturated rings. The summed E-state index contributed by atoms with van der Waals surface area (Å²) < 4.78 is 28.4. The Kier molecular flexibility index (Phi) is 3.59. The van der Waals surface area contributed by atoms with Crippen LogP contribution < -0.4 is 0 Å². The predicted molar refractivity (Wildman–Crippen MR) is 87.5 cm³/mol. The van der Waals surface area contributed by atoms with Crippen molar-refractivity contribution in [2.24, 2.45) is 5.41 Å². The van der Waals surface area contributed by atoms with Gasteiger partial charge in [-0.1, -0.05) is 13.0 Å². The highest BCUT2D eigenvalue weighted by molar-refractivity contribution is 5.79. The number of benzene rings is 1. The molecule has 0 bridgehead atoms. The standard InChI is InChI=1S/C18H20FN3O2/c1-17(10-18(6-5-16(17)19)23-7-8-24-18)11-22-12-21-14-4-3-13(20-2)9-15(14)22/h3-4,9,12,16H,5-8,10-11H2,1H3/t16-,17-/m0/s1. The van der Waals surface area contributed by atoms with E-state index in [1.54, 1.807) is 12.4 Å². The zero-order chi connectivity index (χ0) is 16.8. The maximum Gasteiger partial charge on any atom is 0.189 e.